The lowest BCUT2D eigenvalue weighted by Gasteiger charge is -2.01. The minimum Gasteiger partial charge on any atom is -0.410 e. The summed E-state index contributed by atoms with van der Waals surface area (Å²) in [5.41, 5.74) is 1.35. The first kappa shape index (κ1) is 9.16. The number of hydrogen-bond acceptors (Lipinski definition) is 4. The van der Waals surface area contributed by atoms with E-state index in [2.05, 4.69) is 10.1 Å². The summed E-state index contributed by atoms with van der Waals surface area (Å²) in [6, 6.07) is 10.9. The van der Waals surface area contributed by atoms with Gasteiger partial charge in [0.25, 0.3) is 0 Å². The van der Waals surface area contributed by atoms with Gasteiger partial charge in [0.2, 0.25) is 0 Å². The molecule has 0 saturated carbocycles. The van der Waals surface area contributed by atoms with Crippen LogP contribution in [0.4, 0.5) is 0 Å². The summed E-state index contributed by atoms with van der Waals surface area (Å²) in [4.78, 5) is 4.15. The maximum absolute atomic E-state index is 8.78. The lowest BCUT2D eigenvalue weighted by atomic mass is 10.1. The Hall–Kier alpha value is -2.41. The molecule has 2 rings (SSSR count). The van der Waals surface area contributed by atoms with E-state index in [-0.39, 0.29) is 5.71 Å². The van der Waals surface area contributed by atoms with Crippen molar-refractivity contribution in [2.24, 2.45) is 5.16 Å². The third kappa shape index (κ3) is 1.51. The molecular formula is C11H7N3O. The second-order valence-corrected chi connectivity index (χ2v) is 2.94. The number of fused-ring (bicyclic) bond motifs is 1. The van der Waals surface area contributed by atoms with E-state index >= 15 is 0 Å². The van der Waals surface area contributed by atoms with Crippen molar-refractivity contribution in [3.63, 3.8) is 0 Å². The van der Waals surface area contributed by atoms with Crippen LogP contribution in [0.5, 0.6) is 0 Å². The van der Waals surface area contributed by atoms with Crippen molar-refractivity contribution in [2.75, 3.05) is 0 Å². The highest BCUT2D eigenvalue weighted by molar-refractivity contribution is 6.17. The van der Waals surface area contributed by atoms with Crippen molar-refractivity contribution in [1.82, 2.24) is 4.98 Å². The number of aromatic nitrogens is 1. The SMILES string of the molecule is N#CC(=NO)c1ccnc2ccccc12. The van der Waals surface area contributed by atoms with Crippen LogP contribution < -0.4 is 0 Å². The van der Waals surface area contributed by atoms with Crippen LogP contribution in [-0.2, 0) is 0 Å². The van der Waals surface area contributed by atoms with E-state index in [1.165, 1.54) is 0 Å². The van der Waals surface area contributed by atoms with Crippen LogP contribution in [0.3, 0.4) is 0 Å². The van der Waals surface area contributed by atoms with Crippen LogP contribution in [0, 0.1) is 11.3 Å². The van der Waals surface area contributed by atoms with Crippen molar-refractivity contribution in [1.29, 1.82) is 5.26 Å². The topological polar surface area (TPSA) is 69.3 Å². The summed E-state index contributed by atoms with van der Waals surface area (Å²) >= 11 is 0. The first-order valence-corrected chi connectivity index (χ1v) is 4.33. The first-order chi connectivity index (χ1) is 7.36. The summed E-state index contributed by atoms with van der Waals surface area (Å²) in [7, 11) is 0. The monoisotopic (exact) mass is 197 g/mol. The molecule has 0 fully saturated rings. The second kappa shape index (κ2) is 3.76. The summed E-state index contributed by atoms with van der Waals surface area (Å²) < 4.78 is 0. The molecule has 0 unspecified atom stereocenters. The van der Waals surface area contributed by atoms with Gasteiger partial charge in [-0.05, 0) is 12.1 Å². The highest BCUT2D eigenvalue weighted by atomic mass is 16.4. The lowest BCUT2D eigenvalue weighted by Crippen LogP contribution is -1.98. The quantitative estimate of drug-likeness (QED) is 0.431. The fraction of sp³-hybridized carbons (Fsp3) is 0. The van der Waals surface area contributed by atoms with Gasteiger partial charge in [0.05, 0.1) is 5.52 Å². The highest BCUT2D eigenvalue weighted by Gasteiger charge is 2.07. The predicted molar refractivity (Wildman–Crippen MR) is 55.7 cm³/mol. The van der Waals surface area contributed by atoms with E-state index < -0.39 is 0 Å². The van der Waals surface area contributed by atoms with Gasteiger partial charge in [-0.1, -0.05) is 23.4 Å². The molecule has 2 aromatic rings. The zero-order chi connectivity index (χ0) is 10.7. The number of benzene rings is 1. The highest BCUT2D eigenvalue weighted by Crippen LogP contribution is 2.16. The number of hydrogen-bond donors (Lipinski definition) is 1. The fourth-order valence-corrected chi connectivity index (χ4v) is 1.44. The number of rotatable bonds is 1. The van der Waals surface area contributed by atoms with Gasteiger partial charge in [0, 0.05) is 17.1 Å². The Bertz CT molecular complexity index is 564. The minimum absolute atomic E-state index is 0.00593. The second-order valence-electron chi connectivity index (χ2n) is 2.94. The van der Waals surface area contributed by atoms with Crippen LogP contribution in [0.1, 0.15) is 5.56 Å². The molecule has 4 heteroatoms. The Balaban J connectivity index is 2.78. The van der Waals surface area contributed by atoms with Crippen LogP contribution in [0.25, 0.3) is 10.9 Å². The van der Waals surface area contributed by atoms with Crippen molar-refractivity contribution in [3.05, 3.63) is 42.1 Å². The van der Waals surface area contributed by atoms with Gasteiger partial charge < -0.3 is 5.21 Å². The van der Waals surface area contributed by atoms with E-state index in [0.29, 0.717) is 5.56 Å². The third-order valence-corrected chi connectivity index (χ3v) is 2.11. The molecule has 0 aliphatic carbocycles. The number of pyridine rings is 1. The van der Waals surface area contributed by atoms with Gasteiger partial charge >= 0.3 is 0 Å². The normalized spacial score (nSPS) is 11.3. The van der Waals surface area contributed by atoms with E-state index in [4.69, 9.17) is 10.5 Å². The van der Waals surface area contributed by atoms with Crippen LogP contribution in [0.15, 0.2) is 41.7 Å². The Kier molecular flexibility index (Phi) is 2.30. The maximum atomic E-state index is 8.78. The van der Waals surface area contributed by atoms with Gasteiger partial charge in [-0.25, -0.2) is 0 Å². The number of para-hydroxylation sites is 1. The molecule has 1 heterocycles. The summed E-state index contributed by atoms with van der Waals surface area (Å²) in [6.45, 7) is 0. The van der Waals surface area contributed by atoms with Crippen molar-refractivity contribution >= 4 is 16.6 Å². The Morgan fingerprint density at radius 3 is 2.87 bits per heavy atom. The van der Waals surface area contributed by atoms with Gasteiger partial charge in [-0.3, -0.25) is 4.98 Å². The fourth-order valence-electron chi connectivity index (χ4n) is 1.44. The summed E-state index contributed by atoms with van der Waals surface area (Å²) in [5, 5.41) is 21.2. The van der Waals surface area contributed by atoms with Crippen molar-refractivity contribution < 1.29 is 5.21 Å². The molecule has 0 radical (unpaired) electrons. The van der Waals surface area contributed by atoms with Crippen molar-refractivity contribution in [3.8, 4) is 6.07 Å². The molecule has 15 heavy (non-hydrogen) atoms. The van der Waals surface area contributed by atoms with Gasteiger partial charge in [0.1, 0.15) is 6.07 Å². The molecule has 0 aliphatic heterocycles. The maximum Gasteiger partial charge on any atom is 0.187 e. The largest absolute Gasteiger partial charge is 0.410 e. The Labute approximate surface area is 86.1 Å². The molecule has 0 atom stereocenters. The zero-order valence-corrected chi connectivity index (χ0v) is 7.75. The molecule has 0 bridgehead atoms. The average Bonchev–Trinajstić information content (AvgIpc) is 2.31. The lowest BCUT2D eigenvalue weighted by molar-refractivity contribution is 0.320. The van der Waals surface area contributed by atoms with Crippen LogP contribution in [-0.4, -0.2) is 15.9 Å². The molecule has 4 nitrogen and oxygen atoms in total. The Morgan fingerprint density at radius 2 is 2.13 bits per heavy atom. The number of oxime groups is 1. The number of nitriles is 1. The standard InChI is InChI=1S/C11H7N3O/c12-7-11(14-15)9-5-6-13-10-4-2-1-3-8(9)10/h1-6,15H. The van der Waals surface area contributed by atoms with Crippen LogP contribution >= 0.6 is 0 Å². The summed E-state index contributed by atoms with van der Waals surface area (Å²) in [6.07, 6.45) is 1.58. The Morgan fingerprint density at radius 1 is 1.33 bits per heavy atom. The molecule has 0 aliphatic rings. The smallest absolute Gasteiger partial charge is 0.187 e. The molecule has 1 aromatic heterocycles. The first-order valence-electron chi connectivity index (χ1n) is 4.33. The molecule has 1 N–H and O–H groups in total. The van der Waals surface area contributed by atoms with Gasteiger partial charge in [0.15, 0.2) is 5.71 Å². The average molecular weight is 197 g/mol. The van der Waals surface area contributed by atoms with Crippen LogP contribution in [0.2, 0.25) is 0 Å². The zero-order valence-electron chi connectivity index (χ0n) is 7.75. The van der Waals surface area contributed by atoms with Gasteiger partial charge in [-0.15, -0.1) is 0 Å². The molecule has 1 aromatic carbocycles. The molecule has 0 spiro atoms. The minimum atomic E-state index is -0.00593. The summed E-state index contributed by atoms with van der Waals surface area (Å²) in [5.74, 6) is 0. The molecule has 72 valence electrons. The predicted octanol–water partition coefficient (Wildman–Crippen LogP) is 1.94. The molecular weight excluding hydrogens is 190 g/mol. The number of nitrogens with zero attached hydrogens (tertiary/aromatic N) is 3. The van der Waals surface area contributed by atoms with E-state index in [9.17, 15) is 0 Å². The third-order valence-electron chi connectivity index (χ3n) is 2.11. The van der Waals surface area contributed by atoms with E-state index in [1.54, 1.807) is 12.3 Å². The van der Waals surface area contributed by atoms with E-state index in [0.717, 1.165) is 10.9 Å². The van der Waals surface area contributed by atoms with Crippen molar-refractivity contribution in [2.45, 2.75) is 0 Å². The van der Waals surface area contributed by atoms with Gasteiger partial charge in [-0.2, -0.15) is 5.26 Å². The molecule has 0 saturated heterocycles. The van der Waals surface area contributed by atoms with E-state index in [1.807, 2.05) is 30.3 Å². The molecule has 0 amide bonds.